The first-order valence-corrected chi connectivity index (χ1v) is 6.75. The van der Waals surface area contributed by atoms with E-state index < -0.39 is 0 Å². The van der Waals surface area contributed by atoms with Crippen LogP contribution in [0.3, 0.4) is 0 Å². The van der Waals surface area contributed by atoms with Gasteiger partial charge in [-0.05, 0) is 43.9 Å². The zero-order valence-electron chi connectivity index (χ0n) is 10.0. The minimum absolute atomic E-state index is 0.442. The highest BCUT2D eigenvalue weighted by Crippen LogP contribution is 2.39. The third-order valence-corrected chi connectivity index (χ3v) is 4.40. The number of hydrogen-bond donors (Lipinski definition) is 1. The highest BCUT2D eigenvalue weighted by atomic mass is 14.6. The van der Waals surface area contributed by atoms with Crippen molar-refractivity contribution in [2.24, 2.45) is 17.6 Å². The fraction of sp³-hybridized carbons (Fsp3) is 0.857. The molecule has 0 aromatic rings. The Hall–Kier alpha value is -0.300. The minimum atomic E-state index is 0.442. The van der Waals surface area contributed by atoms with Crippen LogP contribution in [-0.2, 0) is 0 Å². The molecule has 0 aromatic carbocycles. The number of allylic oxidation sites excluding steroid dienone is 1. The molecule has 2 rings (SSSR count). The van der Waals surface area contributed by atoms with Gasteiger partial charge in [0.25, 0.3) is 0 Å². The molecule has 15 heavy (non-hydrogen) atoms. The largest absolute Gasteiger partial charge is 0.327 e. The van der Waals surface area contributed by atoms with Gasteiger partial charge in [0.05, 0.1) is 0 Å². The van der Waals surface area contributed by atoms with Gasteiger partial charge in [0.1, 0.15) is 0 Å². The molecular weight excluding hydrogens is 182 g/mol. The third kappa shape index (κ3) is 2.63. The van der Waals surface area contributed by atoms with Gasteiger partial charge in [-0.1, -0.05) is 37.8 Å². The smallest absolute Gasteiger partial charge is 0.00765 e. The fourth-order valence-corrected chi connectivity index (χ4v) is 3.40. The van der Waals surface area contributed by atoms with E-state index in [0.717, 1.165) is 18.3 Å². The van der Waals surface area contributed by atoms with Crippen molar-refractivity contribution in [1.29, 1.82) is 0 Å². The molecule has 3 unspecified atom stereocenters. The molecule has 0 aromatic heterocycles. The molecule has 1 heteroatoms. The van der Waals surface area contributed by atoms with E-state index in [1.165, 1.54) is 44.9 Å². The van der Waals surface area contributed by atoms with Crippen molar-refractivity contribution in [3.63, 3.8) is 0 Å². The van der Waals surface area contributed by atoms with E-state index in [4.69, 9.17) is 5.73 Å². The Labute approximate surface area is 94.1 Å². The predicted octanol–water partition coefficient (Wildman–Crippen LogP) is 3.64. The van der Waals surface area contributed by atoms with Crippen LogP contribution in [0.4, 0.5) is 0 Å². The third-order valence-electron chi connectivity index (χ3n) is 4.40. The molecule has 2 aliphatic carbocycles. The monoisotopic (exact) mass is 207 g/mol. The van der Waals surface area contributed by atoms with Crippen molar-refractivity contribution < 1.29 is 0 Å². The van der Waals surface area contributed by atoms with Crippen LogP contribution >= 0.6 is 0 Å². The highest BCUT2D eigenvalue weighted by Gasteiger charge is 2.27. The van der Waals surface area contributed by atoms with Crippen molar-refractivity contribution in [1.82, 2.24) is 0 Å². The molecule has 1 saturated carbocycles. The van der Waals surface area contributed by atoms with E-state index in [2.05, 4.69) is 13.0 Å². The van der Waals surface area contributed by atoms with Gasteiger partial charge in [-0.25, -0.2) is 0 Å². The van der Waals surface area contributed by atoms with Gasteiger partial charge in [0.2, 0.25) is 0 Å². The maximum absolute atomic E-state index is 5.95. The number of rotatable bonds is 2. The Bertz CT molecular complexity index is 231. The molecular formula is C14H25N. The Balaban J connectivity index is 2.01. The molecule has 1 nitrogen and oxygen atoms in total. The molecule has 0 heterocycles. The van der Waals surface area contributed by atoms with E-state index in [-0.39, 0.29) is 0 Å². The first-order chi connectivity index (χ1) is 7.31. The van der Waals surface area contributed by atoms with Crippen molar-refractivity contribution in [2.45, 2.75) is 64.3 Å². The standard InChI is InChI=1S/C14H25N/c1-2-11-5-3-4-6-14(11)12-7-9-13(15)10-8-12/h7,11,13-14H,2-6,8-10,15H2,1H3. The molecule has 0 aliphatic heterocycles. The Morgan fingerprint density at radius 3 is 2.73 bits per heavy atom. The lowest BCUT2D eigenvalue weighted by atomic mass is 9.71. The molecule has 0 bridgehead atoms. The van der Waals surface area contributed by atoms with Crippen molar-refractivity contribution in [3.8, 4) is 0 Å². The second-order valence-electron chi connectivity index (χ2n) is 5.37. The van der Waals surface area contributed by atoms with Gasteiger partial charge in [-0.15, -0.1) is 0 Å². The Morgan fingerprint density at radius 1 is 1.27 bits per heavy atom. The molecule has 3 atom stereocenters. The van der Waals surface area contributed by atoms with E-state index in [9.17, 15) is 0 Å². The van der Waals surface area contributed by atoms with Crippen LogP contribution in [0, 0.1) is 11.8 Å². The summed E-state index contributed by atoms with van der Waals surface area (Å²) in [6.45, 7) is 2.36. The summed E-state index contributed by atoms with van der Waals surface area (Å²) in [5, 5.41) is 0. The summed E-state index contributed by atoms with van der Waals surface area (Å²) in [5.41, 5.74) is 7.70. The van der Waals surface area contributed by atoms with E-state index >= 15 is 0 Å². The van der Waals surface area contributed by atoms with Crippen LogP contribution < -0.4 is 5.73 Å². The van der Waals surface area contributed by atoms with Crippen LogP contribution in [0.1, 0.15) is 58.3 Å². The molecule has 86 valence electrons. The molecule has 1 fully saturated rings. The first kappa shape index (κ1) is 11.2. The minimum Gasteiger partial charge on any atom is -0.327 e. The van der Waals surface area contributed by atoms with Gasteiger partial charge in [0.15, 0.2) is 0 Å². The van der Waals surface area contributed by atoms with Crippen LogP contribution in [0.2, 0.25) is 0 Å². The molecule has 2 aliphatic rings. The zero-order chi connectivity index (χ0) is 10.7. The SMILES string of the molecule is CCC1CCCCC1C1=CCC(N)CC1. The van der Waals surface area contributed by atoms with Crippen molar-refractivity contribution >= 4 is 0 Å². The van der Waals surface area contributed by atoms with Gasteiger partial charge >= 0.3 is 0 Å². The molecule has 0 radical (unpaired) electrons. The summed E-state index contributed by atoms with van der Waals surface area (Å²) in [6, 6.07) is 0.442. The normalized spacial score (nSPS) is 37.5. The van der Waals surface area contributed by atoms with Crippen LogP contribution in [0.5, 0.6) is 0 Å². The van der Waals surface area contributed by atoms with E-state index in [0.29, 0.717) is 6.04 Å². The average Bonchev–Trinajstić information content (AvgIpc) is 2.30. The molecule has 2 N–H and O–H groups in total. The lowest BCUT2D eigenvalue weighted by molar-refractivity contribution is 0.255. The number of nitrogens with two attached hydrogens (primary N) is 1. The first-order valence-electron chi connectivity index (χ1n) is 6.75. The Kier molecular flexibility index (Phi) is 3.85. The summed E-state index contributed by atoms with van der Waals surface area (Å²) in [7, 11) is 0. The molecule has 0 saturated heterocycles. The average molecular weight is 207 g/mol. The van der Waals surface area contributed by atoms with Gasteiger partial charge in [-0.2, -0.15) is 0 Å². The summed E-state index contributed by atoms with van der Waals surface area (Å²) in [4.78, 5) is 0. The van der Waals surface area contributed by atoms with Gasteiger partial charge in [0, 0.05) is 6.04 Å². The topological polar surface area (TPSA) is 26.0 Å². The zero-order valence-corrected chi connectivity index (χ0v) is 10.0. The predicted molar refractivity (Wildman–Crippen MR) is 65.6 cm³/mol. The second kappa shape index (κ2) is 5.16. The second-order valence-corrected chi connectivity index (χ2v) is 5.37. The highest BCUT2D eigenvalue weighted by molar-refractivity contribution is 5.13. The summed E-state index contributed by atoms with van der Waals surface area (Å²) >= 11 is 0. The Morgan fingerprint density at radius 2 is 2.07 bits per heavy atom. The van der Waals surface area contributed by atoms with Crippen LogP contribution in [-0.4, -0.2) is 6.04 Å². The van der Waals surface area contributed by atoms with E-state index in [1.54, 1.807) is 5.57 Å². The number of hydrogen-bond acceptors (Lipinski definition) is 1. The van der Waals surface area contributed by atoms with Crippen LogP contribution in [0.25, 0.3) is 0 Å². The lowest BCUT2D eigenvalue weighted by Crippen LogP contribution is -2.27. The maximum Gasteiger partial charge on any atom is 0.00765 e. The molecule has 0 spiro atoms. The fourth-order valence-electron chi connectivity index (χ4n) is 3.40. The van der Waals surface area contributed by atoms with Crippen molar-refractivity contribution in [3.05, 3.63) is 11.6 Å². The van der Waals surface area contributed by atoms with Crippen LogP contribution in [0.15, 0.2) is 11.6 Å². The lowest BCUT2D eigenvalue weighted by Gasteiger charge is -2.35. The quantitative estimate of drug-likeness (QED) is 0.687. The summed E-state index contributed by atoms with van der Waals surface area (Å²) in [5.74, 6) is 1.88. The maximum atomic E-state index is 5.95. The van der Waals surface area contributed by atoms with Crippen molar-refractivity contribution in [2.75, 3.05) is 0 Å². The van der Waals surface area contributed by atoms with E-state index in [1.807, 2.05) is 0 Å². The van der Waals surface area contributed by atoms with Gasteiger partial charge < -0.3 is 5.73 Å². The summed E-state index contributed by atoms with van der Waals surface area (Å²) < 4.78 is 0. The summed E-state index contributed by atoms with van der Waals surface area (Å²) in [6.07, 6.45) is 13.3. The molecule has 0 amide bonds. The van der Waals surface area contributed by atoms with Gasteiger partial charge in [-0.3, -0.25) is 0 Å².